The number of methoxy groups -OCH3 is 1. The maximum Gasteiger partial charge on any atom is 0.251 e. The van der Waals surface area contributed by atoms with Crippen LogP contribution in [-0.4, -0.2) is 25.3 Å². The van der Waals surface area contributed by atoms with Gasteiger partial charge in [-0.15, -0.1) is 0 Å². The van der Waals surface area contributed by atoms with Crippen molar-refractivity contribution in [1.82, 2.24) is 0 Å². The van der Waals surface area contributed by atoms with E-state index in [0.717, 1.165) is 29.8 Å². The summed E-state index contributed by atoms with van der Waals surface area (Å²) >= 11 is 0. The van der Waals surface area contributed by atoms with Crippen molar-refractivity contribution >= 4 is 17.3 Å². The van der Waals surface area contributed by atoms with Crippen LogP contribution in [0.25, 0.3) is 0 Å². The molecule has 0 saturated heterocycles. The number of amides is 1. The lowest BCUT2D eigenvalue weighted by Gasteiger charge is -2.37. The first-order valence-electron chi connectivity index (χ1n) is 9.66. The highest BCUT2D eigenvalue weighted by atomic mass is 16.5. The van der Waals surface area contributed by atoms with Crippen LogP contribution in [0.2, 0.25) is 0 Å². The third-order valence-electron chi connectivity index (χ3n) is 5.28. The zero-order valence-electron chi connectivity index (χ0n) is 16.2. The first-order valence-corrected chi connectivity index (χ1v) is 9.66. The molecule has 1 aliphatic carbocycles. The monoisotopic (exact) mass is 376 g/mol. The highest BCUT2D eigenvalue weighted by Crippen LogP contribution is 2.38. The average molecular weight is 376 g/mol. The van der Waals surface area contributed by atoms with Gasteiger partial charge < -0.3 is 9.47 Å². The molecule has 2 atom stereocenters. The van der Waals surface area contributed by atoms with Crippen molar-refractivity contribution in [3.05, 3.63) is 66.2 Å². The molecule has 0 spiro atoms. The molecule has 0 aromatic heterocycles. The SMILES string of the molecule is CCOc1cc(C2=NN(c3ccccc3)C(=O)[C@H]3CC=CC[C@@H]23)ccc1OC. The van der Waals surface area contributed by atoms with Gasteiger partial charge in [-0.1, -0.05) is 30.4 Å². The van der Waals surface area contributed by atoms with Crippen molar-refractivity contribution in [3.8, 4) is 11.5 Å². The molecule has 0 radical (unpaired) electrons. The number of hydrogen-bond donors (Lipinski definition) is 0. The molecule has 28 heavy (non-hydrogen) atoms. The lowest BCUT2D eigenvalue weighted by atomic mass is 9.76. The first-order chi connectivity index (χ1) is 13.7. The zero-order chi connectivity index (χ0) is 19.5. The molecule has 1 heterocycles. The van der Waals surface area contributed by atoms with Gasteiger partial charge in [0.05, 0.1) is 31.0 Å². The van der Waals surface area contributed by atoms with E-state index >= 15 is 0 Å². The van der Waals surface area contributed by atoms with Gasteiger partial charge in [-0.05, 0) is 50.1 Å². The van der Waals surface area contributed by atoms with E-state index in [1.165, 1.54) is 0 Å². The third-order valence-corrected chi connectivity index (χ3v) is 5.28. The summed E-state index contributed by atoms with van der Waals surface area (Å²) in [6.45, 7) is 2.50. The van der Waals surface area contributed by atoms with Gasteiger partial charge in [-0.3, -0.25) is 4.79 Å². The quantitative estimate of drug-likeness (QED) is 0.726. The Kier molecular flexibility index (Phi) is 5.15. The minimum absolute atomic E-state index is 0.0582. The molecular weight excluding hydrogens is 352 g/mol. The van der Waals surface area contributed by atoms with Gasteiger partial charge in [-0.2, -0.15) is 5.10 Å². The first kappa shape index (κ1) is 18.3. The molecule has 0 bridgehead atoms. The maximum atomic E-state index is 13.1. The van der Waals surface area contributed by atoms with E-state index in [2.05, 4.69) is 12.2 Å². The van der Waals surface area contributed by atoms with Crippen LogP contribution in [-0.2, 0) is 4.79 Å². The summed E-state index contributed by atoms with van der Waals surface area (Å²) < 4.78 is 11.2. The number of nitrogens with zero attached hydrogens (tertiary/aromatic N) is 2. The number of hydrazone groups is 1. The van der Waals surface area contributed by atoms with Crippen LogP contribution >= 0.6 is 0 Å². The van der Waals surface area contributed by atoms with Crippen molar-refractivity contribution in [3.63, 3.8) is 0 Å². The maximum absolute atomic E-state index is 13.1. The van der Waals surface area contributed by atoms with Gasteiger partial charge in [0.25, 0.3) is 5.91 Å². The summed E-state index contributed by atoms with van der Waals surface area (Å²) in [5.74, 6) is 1.41. The third kappa shape index (κ3) is 3.28. The highest BCUT2D eigenvalue weighted by Gasteiger charge is 2.40. The van der Waals surface area contributed by atoms with Crippen LogP contribution in [0.15, 0.2) is 65.8 Å². The smallest absolute Gasteiger partial charge is 0.251 e. The van der Waals surface area contributed by atoms with Crippen LogP contribution in [0.5, 0.6) is 11.5 Å². The minimum atomic E-state index is -0.102. The Balaban J connectivity index is 1.81. The van der Waals surface area contributed by atoms with Crippen LogP contribution in [0.1, 0.15) is 25.3 Å². The fourth-order valence-electron chi connectivity index (χ4n) is 3.91. The number of allylic oxidation sites excluding steroid dienone is 2. The Hall–Kier alpha value is -3.08. The predicted octanol–water partition coefficient (Wildman–Crippen LogP) is 4.43. The predicted molar refractivity (Wildman–Crippen MR) is 110 cm³/mol. The Morgan fingerprint density at radius 3 is 2.50 bits per heavy atom. The van der Waals surface area contributed by atoms with Crippen LogP contribution < -0.4 is 14.5 Å². The Morgan fingerprint density at radius 1 is 1.04 bits per heavy atom. The van der Waals surface area contributed by atoms with Crippen LogP contribution in [0.3, 0.4) is 0 Å². The molecule has 1 amide bonds. The van der Waals surface area contributed by atoms with E-state index in [4.69, 9.17) is 14.6 Å². The number of ether oxygens (including phenoxy) is 2. The molecule has 1 aliphatic heterocycles. The lowest BCUT2D eigenvalue weighted by molar-refractivity contribution is -0.123. The van der Waals surface area contributed by atoms with Crippen molar-refractivity contribution in [2.45, 2.75) is 19.8 Å². The average Bonchev–Trinajstić information content (AvgIpc) is 2.75. The van der Waals surface area contributed by atoms with E-state index in [-0.39, 0.29) is 17.7 Å². The lowest BCUT2D eigenvalue weighted by Crippen LogP contribution is -2.45. The summed E-state index contributed by atoms with van der Waals surface area (Å²) in [7, 11) is 1.63. The second-order valence-corrected chi connectivity index (χ2v) is 6.93. The number of carbonyl (C=O) groups excluding carboxylic acids is 1. The molecule has 5 nitrogen and oxygen atoms in total. The molecule has 144 valence electrons. The molecule has 0 N–H and O–H groups in total. The number of benzene rings is 2. The van der Waals surface area contributed by atoms with Crippen molar-refractivity contribution < 1.29 is 14.3 Å². The normalized spacial score (nSPS) is 21.1. The molecule has 0 unspecified atom stereocenters. The van der Waals surface area contributed by atoms with Gasteiger partial charge in [0, 0.05) is 11.5 Å². The molecule has 4 rings (SSSR count). The number of fused-ring (bicyclic) bond motifs is 1. The Morgan fingerprint density at radius 2 is 1.79 bits per heavy atom. The number of carbonyl (C=O) groups is 1. The summed E-state index contributed by atoms with van der Waals surface area (Å²) in [6.07, 6.45) is 5.80. The summed E-state index contributed by atoms with van der Waals surface area (Å²) in [5, 5.41) is 6.37. The van der Waals surface area contributed by atoms with Gasteiger partial charge in [0.2, 0.25) is 0 Å². The van der Waals surface area contributed by atoms with Crippen molar-refractivity contribution in [1.29, 1.82) is 0 Å². The largest absolute Gasteiger partial charge is 0.493 e. The standard InChI is InChI=1S/C23H24N2O3/c1-3-28-21-15-16(13-14-20(21)27-2)22-18-11-7-8-12-19(18)23(26)25(24-22)17-9-5-4-6-10-17/h4-10,13-15,18-19H,3,11-12H2,1-2H3/t18-,19+/m1/s1. The Labute approximate surface area is 165 Å². The fraction of sp³-hybridized carbons (Fsp3) is 0.304. The number of hydrogen-bond acceptors (Lipinski definition) is 4. The van der Waals surface area contributed by atoms with Crippen molar-refractivity contribution in [2.75, 3.05) is 18.7 Å². The van der Waals surface area contributed by atoms with E-state index in [1.807, 2.05) is 55.5 Å². The van der Waals surface area contributed by atoms with Crippen LogP contribution in [0, 0.1) is 11.8 Å². The van der Waals surface area contributed by atoms with Gasteiger partial charge in [0.1, 0.15) is 0 Å². The number of anilines is 1. The second-order valence-electron chi connectivity index (χ2n) is 6.93. The molecule has 5 heteroatoms. The topological polar surface area (TPSA) is 51.1 Å². The zero-order valence-corrected chi connectivity index (χ0v) is 16.2. The molecule has 0 fully saturated rings. The summed E-state index contributed by atoms with van der Waals surface area (Å²) in [4.78, 5) is 13.1. The molecule has 2 aromatic carbocycles. The van der Waals surface area contributed by atoms with Crippen molar-refractivity contribution in [2.24, 2.45) is 16.9 Å². The van der Waals surface area contributed by atoms with E-state index in [9.17, 15) is 4.79 Å². The van der Waals surface area contributed by atoms with Gasteiger partial charge >= 0.3 is 0 Å². The van der Waals surface area contributed by atoms with Gasteiger partial charge in [0.15, 0.2) is 11.5 Å². The molecular formula is C23H24N2O3. The van der Waals surface area contributed by atoms with Gasteiger partial charge in [-0.25, -0.2) is 5.01 Å². The Bertz CT molecular complexity index is 921. The second kappa shape index (κ2) is 7.89. The van der Waals surface area contributed by atoms with E-state index in [1.54, 1.807) is 12.1 Å². The van der Waals surface area contributed by atoms with Crippen LogP contribution in [0.4, 0.5) is 5.69 Å². The fourth-order valence-corrected chi connectivity index (χ4v) is 3.91. The molecule has 2 aromatic rings. The molecule has 0 saturated carbocycles. The summed E-state index contributed by atoms with van der Waals surface area (Å²) in [6, 6.07) is 15.5. The minimum Gasteiger partial charge on any atom is -0.493 e. The molecule has 2 aliphatic rings. The summed E-state index contributed by atoms with van der Waals surface area (Å²) in [5.41, 5.74) is 2.67. The van der Waals surface area contributed by atoms with E-state index < -0.39 is 0 Å². The number of rotatable bonds is 5. The van der Waals surface area contributed by atoms with E-state index in [0.29, 0.717) is 18.1 Å². The highest BCUT2D eigenvalue weighted by molar-refractivity contribution is 6.11. The number of para-hydroxylation sites is 1.